The predicted octanol–water partition coefficient (Wildman–Crippen LogP) is 2.97. The van der Waals surface area contributed by atoms with Crippen LogP contribution in [0.25, 0.3) is 0 Å². The number of hydrogen-bond donors (Lipinski definition) is 1. The highest BCUT2D eigenvalue weighted by atomic mass is 32.2. The van der Waals surface area contributed by atoms with E-state index in [0.717, 1.165) is 5.56 Å². The summed E-state index contributed by atoms with van der Waals surface area (Å²) in [7, 11) is -2.02. The molecule has 1 aliphatic rings. The number of nitrogens with one attached hydrogen (secondary N) is 1. The van der Waals surface area contributed by atoms with Gasteiger partial charge in [-0.25, -0.2) is 8.42 Å². The number of carbonyl (C=O) groups is 1. The molecule has 0 unspecified atom stereocenters. The number of nitrogens with zero attached hydrogens (tertiary/aromatic N) is 1. The molecule has 28 heavy (non-hydrogen) atoms. The van der Waals surface area contributed by atoms with Crippen LogP contribution in [-0.2, 0) is 14.8 Å². The number of carbonyl (C=O) groups excluding carboxylic acids is 1. The quantitative estimate of drug-likeness (QED) is 0.806. The van der Waals surface area contributed by atoms with Crippen molar-refractivity contribution in [3.8, 4) is 5.75 Å². The molecule has 1 saturated heterocycles. The Morgan fingerprint density at radius 3 is 2.25 bits per heavy atom. The summed E-state index contributed by atoms with van der Waals surface area (Å²) in [5.41, 5.74) is 1.05. The molecule has 1 atom stereocenters. The highest BCUT2D eigenvalue weighted by molar-refractivity contribution is 7.89. The zero-order valence-corrected chi connectivity index (χ0v) is 17.0. The van der Waals surface area contributed by atoms with Crippen LogP contribution >= 0.6 is 0 Å². The second-order valence-corrected chi connectivity index (χ2v) is 8.93. The zero-order chi connectivity index (χ0) is 20.1. The Labute approximate surface area is 166 Å². The number of hydrogen-bond acceptors (Lipinski definition) is 4. The Bertz CT molecular complexity index is 890. The number of methoxy groups -OCH3 is 1. The van der Waals surface area contributed by atoms with Crippen molar-refractivity contribution >= 4 is 15.9 Å². The largest absolute Gasteiger partial charge is 0.497 e. The van der Waals surface area contributed by atoms with E-state index in [2.05, 4.69) is 5.32 Å². The summed E-state index contributed by atoms with van der Waals surface area (Å²) >= 11 is 0. The van der Waals surface area contributed by atoms with Crippen LogP contribution in [0.4, 0.5) is 0 Å². The maximum Gasteiger partial charge on any atom is 0.243 e. The minimum atomic E-state index is -3.56. The number of benzene rings is 2. The third-order valence-corrected chi connectivity index (χ3v) is 7.09. The SMILES string of the molecule is COc1ccc(S(=O)(=O)N2CCC(C(=O)N[C@H](C)c3ccccc3)CC2)cc1. The van der Waals surface area contributed by atoms with Crippen LogP contribution in [0.1, 0.15) is 31.4 Å². The molecule has 0 aliphatic carbocycles. The lowest BCUT2D eigenvalue weighted by molar-refractivity contribution is -0.126. The average molecular weight is 403 g/mol. The van der Waals surface area contributed by atoms with Crippen LogP contribution in [0, 0.1) is 5.92 Å². The fourth-order valence-electron chi connectivity index (χ4n) is 3.41. The van der Waals surface area contributed by atoms with E-state index in [1.807, 2.05) is 37.3 Å². The van der Waals surface area contributed by atoms with Crippen molar-refractivity contribution in [3.05, 3.63) is 60.2 Å². The molecule has 0 saturated carbocycles. The van der Waals surface area contributed by atoms with Gasteiger partial charge in [-0.3, -0.25) is 4.79 Å². The smallest absolute Gasteiger partial charge is 0.243 e. The van der Waals surface area contributed by atoms with Gasteiger partial charge in [-0.15, -0.1) is 0 Å². The number of amides is 1. The van der Waals surface area contributed by atoms with E-state index < -0.39 is 10.0 Å². The van der Waals surface area contributed by atoms with Gasteiger partial charge in [0.1, 0.15) is 5.75 Å². The van der Waals surface area contributed by atoms with E-state index in [9.17, 15) is 13.2 Å². The summed E-state index contributed by atoms with van der Waals surface area (Å²) in [6.07, 6.45) is 1.03. The Morgan fingerprint density at radius 2 is 1.68 bits per heavy atom. The first-order chi connectivity index (χ1) is 13.4. The minimum absolute atomic E-state index is 0.0159. The van der Waals surface area contributed by atoms with Gasteiger partial charge in [0.15, 0.2) is 0 Å². The van der Waals surface area contributed by atoms with E-state index >= 15 is 0 Å². The van der Waals surface area contributed by atoms with Crippen molar-refractivity contribution in [2.75, 3.05) is 20.2 Å². The Kier molecular flexibility index (Phi) is 6.36. The predicted molar refractivity (Wildman–Crippen MR) is 107 cm³/mol. The summed E-state index contributed by atoms with van der Waals surface area (Å²) in [5.74, 6) is 0.424. The molecule has 150 valence electrons. The number of piperidine rings is 1. The zero-order valence-electron chi connectivity index (χ0n) is 16.2. The van der Waals surface area contributed by atoms with Gasteiger partial charge in [0, 0.05) is 19.0 Å². The average Bonchev–Trinajstić information content (AvgIpc) is 2.74. The lowest BCUT2D eigenvalue weighted by Gasteiger charge is -2.31. The fraction of sp³-hybridized carbons (Fsp3) is 0.381. The summed E-state index contributed by atoms with van der Waals surface area (Å²) < 4.78 is 32.2. The van der Waals surface area contributed by atoms with Crippen molar-refractivity contribution in [1.29, 1.82) is 0 Å². The third-order valence-electron chi connectivity index (χ3n) is 5.18. The van der Waals surface area contributed by atoms with Gasteiger partial charge in [0.05, 0.1) is 18.0 Å². The van der Waals surface area contributed by atoms with E-state index in [1.54, 1.807) is 24.3 Å². The topological polar surface area (TPSA) is 75.7 Å². The van der Waals surface area contributed by atoms with E-state index in [4.69, 9.17) is 4.74 Å². The van der Waals surface area contributed by atoms with Crippen LogP contribution in [0.15, 0.2) is 59.5 Å². The standard InChI is InChI=1S/C21H26N2O4S/c1-16(17-6-4-3-5-7-17)22-21(24)18-12-14-23(15-13-18)28(25,26)20-10-8-19(27-2)9-11-20/h3-11,16,18H,12-15H2,1-2H3,(H,22,24)/t16-/m1/s1. The number of sulfonamides is 1. The molecule has 0 spiro atoms. The monoisotopic (exact) mass is 402 g/mol. The molecule has 2 aromatic carbocycles. The van der Waals surface area contributed by atoms with Crippen LogP contribution in [0.3, 0.4) is 0 Å². The number of rotatable bonds is 6. The normalized spacial score (nSPS) is 17.1. The van der Waals surface area contributed by atoms with Crippen molar-refractivity contribution in [1.82, 2.24) is 9.62 Å². The van der Waals surface area contributed by atoms with Gasteiger partial charge >= 0.3 is 0 Å². The summed E-state index contributed by atoms with van der Waals surface area (Å²) in [6, 6.07) is 16.1. The molecular formula is C21H26N2O4S. The van der Waals surface area contributed by atoms with Gasteiger partial charge in [-0.1, -0.05) is 30.3 Å². The molecule has 3 rings (SSSR count). The Hall–Kier alpha value is -2.38. The van der Waals surface area contributed by atoms with Crippen LogP contribution in [0.5, 0.6) is 5.75 Å². The van der Waals surface area contributed by atoms with Crippen molar-refractivity contribution < 1.29 is 17.9 Å². The highest BCUT2D eigenvalue weighted by Crippen LogP contribution is 2.26. The van der Waals surface area contributed by atoms with Crippen molar-refractivity contribution in [2.45, 2.75) is 30.7 Å². The van der Waals surface area contributed by atoms with E-state index in [0.29, 0.717) is 31.7 Å². The second-order valence-electron chi connectivity index (χ2n) is 6.99. The minimum Gasteiger partial charge on any atom is -0.497 e. The first-order valence-corrected chi connectivity index (χ1v) is 10.9. The second kappa shape index (κ2) is 8.75. The van der Waals surface area contributed by atoms with Gasteiger partial charge in [0.2, 0.25) is 15.9 Å². The van der Waals surface area contributed by atoms with Crippen LogP contribution < -0.4 is 10.1 Å². The molecule has 1 amide bonds. The first kappa shape index (κ1) is 20.4. The summed E-state index contributed by atoms with van der Waals surface area (Å²) in [4.78, 5) is 12.8. The van der Waals surface area contributed by atoms with Gasteiger partial charge < -0.3 is 10.1 Å². The molecule has 2 aromatic rings. The maximum atomic E-state index is 12.8. The molecule has 1 N–H and O–H groups in total. The molecule has 7 heteroatoms. The molecule has 0 bridgehead atoms. The van der Waals surface area contributed by atoms with E-state index in [1.165, 1.54) is 11.4 Å². The van der Waals surface area contributed by atoms with Crippen LogP contribution in [0.2, 0.25) is 0 Å². The van der Waals surface area contributed by atoms with Gasteiger partial charge in [-0.2, -0.15) is 4.31 Å². The fourth-order valence-corrected chi connectivity index (χ4v) is 4.88. The van der Waals surface area contributed by atoms with Gasteiger partial charge in [0.25, 0.3) is 0 Å². The highest BCUT2D eigenvalue weighted by Gasteiger charge is 2.32. The molecule has 0 radical (unpaired) electrons. The lowest BCUT2D eigenvalue weighted by Crippen LogP contribution is -2.43. The maximum absolute atomic E-state index is 12.8. The molecule has 1 aliphatic heterocycles. The molecule has 0 aromatic heterocycles. The molecule has 1 fully saturated rings. The molecular weight excluding hydrogens is 376 g/mol. The Balaban J connectivity index is 1.58. The van der Waals surface area contributed by atoms with E-state index in [-0.39, 0.29) is 22.8 Å². The lowest BCUT2D eigenvalue weighted by atomic mass is 9.96. The third kappa shape index (κ3) is 4.54. The molecule has 6 nitrogen and oxygen atoms in total. The van der Waals surface area contributed by atoms with Crippen LogP contribution in [-0.4, -0.2) is 38.8 Å². The molecule has 1 heterocycles. The van der Waals surface area contributed by atoms with Crippen molar-refractivity contribution in [2.24, 2.45) is 5.92 Å². The Morgan fingerprint density at radius 1 is 1.07 bits per heavy atom. The van der Waals surface area contributed by atoms with Crippen molar-refractivity contribution in [3.63, 3.8) is 0 Å². The summed E-state index contributed by atoms with van der Waals surface area (Å²) in [5, 5.41) is 3.04. The van der Waals surface area contributed by atoms with Gasteiger partial charge in [-0.05, 0) is 49.6 Å². The number of ether oxygens (including phenoxy) is 1. The first-order valence-electron chi connectivity index (χ1n) is 9.41. The summed E-state index contributed by atoms with van der Waals surface area (Å²) in [6.45, 7) is 2.63.